The van der Waals surface area contributed by atoms with Crippen LogP contribution in [0.5, 0.6) is 0 Å². The van der Waals surface area contributed by atoms with E-state index in [-0.39, 0.29) is 11.1 Å². The van der Waals surface area contributed by atoms with Crippen molar-refractivity contribution in [1.82, 2.24) is 4.90 Å². The molecule has 1 N–H and O–H groups in total. The number of hydrogen-bond donors (Lipinski definition) is 1. The lowest BCUT2D eigenvalue weighted by Crippen LogP contribution is -2.37. The SMILES string of the molecule is O=C(CN1C(=O)c2ccc(Cl)cc2C1=O)Nc1ccc(F)cc1. The normalized spacial score (nSPS) is 13.2. The zero-order chi connectivity index (χ0) is 16.6. The molecular formula is C16H10ClFN2O3. The Kier molecular flexibility index (Phi) is 3.83. The van der Waals surface area contributed by atoms with Crippen LogP contribution in [0, 0.1) is 5.82 Å². The third-order valence-corrected chi connectivity index (χ3v) is 3.60. The van der Waals surface area contributed by atoms with Gasteiger partial charge in [-0.2, -0.15) is 0 Å². The van der Waals surface area contributed by atoms with Gasteiger partial charge >= 0.3 is 0 Å². The second kappa shape index (κ2) is 5.81. The molecule has 116 valence electrons. The summed E-state index contributed by atoms with van der Waals surface area (Å²) < 4.78 is 12.8. The lowest BCUT2D eigenvalue weighted by molar-refractivity contribution is -0.116. The van der Waals surface area contributed by atoms with E-state index in [1.807, 2.05) is 0 Å². The summed E-state index contributed by atoms with van der Waals surface area (Å²) in [4.78, 5) is 37.2. The van der Waals surface area contributed by atoms with Crippen LogP contribution in [-0.4, -0.2) is 29.2 Å². The number of nitrogens with one attached hydrogen (secondary N) is 1. The quantitative estimate of drug-likeness (QED) is 0.879. The van der Waals surface area contributed by atoms with Gasteiger partial charge < -0.3 is 5.32 Å². The third kappa shape index (κ3) is 2.93. The molecule has 0 spiro atoms. The summed E-state index contributed by atoms with van der Waals surface area (Å²) in [6.45, 7) is -0.429. The molecule has 0 atom stereocenters. The highest BCUT2D eigenvalue weighted by atomic mass is 35.5. The average molecular weight is 333 g/mol. The summed E-state index contributed by atoms with van der Waals surface area (Å²) >= 11 is 5.82. The highest BCUT2D eigenvalue weighted by Gasteiger charge is 2.36. The first-order valence-corrected chi connectivity index (χ1v) is 7.04. The molecule has 0 aliphatic carbocycles. The molecule has 5 nitrogen and oxygen atoms in total. The zero-order valence-corrected chi connectivity index (χ0v) is 12.4. The molecule has 0 saturated heterocycles. The Morgan fingerprint density at radius 1 is 1.04 bits per heavy atom. The van der Waals surface area contributed by atoms with Crippen molar-refractivity contribution in [2.75, 3.05) is 11.9 Å². The molecule has 1 aliphatic rings. The van der Waals surface area contributed by atoms with Crippen LogP contribution in [0.4, 0.5) is 10.1 Å². The lowest BCUT2D eigenvalue weighted by atomic mass is 10.1. The minimum absolute atomic E-state index is 0.178. The standard InChI is InChI=1S/C16H10ClFN2O3/c17-9-1-6-12-13(7-9)16(23)20(15(12)22)8-14(21)19-11-4-2-10(18)3-5-11/h1-7H,8H2,(H,19,21). The molecule has 0 saturated carbocycles. The number of halogens is 2. The molecule has 7 heteroatoms. The number of fused-ring (bicyclic) bond motifs is 1. The van der Waals surface area contributed by atoms with Gasteiger partial charge in [0.05, 0.1) is 11.1 Å². The van der Waals surface area contributed by atoms with E-state index in [0.717, 1.165) is 4.90 Å². The Labute approximate surface area is 135 Å². The van der Waals surface area contributed by atoms with Gasteiger partial charge in [-0.1, -0.05) is 11.6 Å². The van der Waals surface area contributed by atoms with Crippen LogP contribution in [0.1, 0.15) is 20.7 Å². The van der Waals surface area contributed by atoms with E-state index >= 15 is 0 Å². The Bertz CT molecular complexity index is 821. The molecule has 0 radical (unpaired) electrons. The number of carbonyl (C=O) groups excluding carboxylic acids is 3. The molecule has 0 aromatic heterocycles. The number of amides is 3. The fourth-order valence-corrected chi connectivity index (χ4v) is 2.46. The first-order chi connectivity index (χ1) is 11.0. The predicted octanol–water partition coefficient (Wildman–Crippen LogP) is 2.71. The monoisotopic (exact) mass is 332 g/mol. The van der Waals surface area contributed by atoms with Crippen molar-refractivity contribution in [3.8, 4) is 0 Å². The average Bonchev–Trinajstić information content (AvgIpc) is 2.74. The van der Waals surface area contributed by atoms with E-state index < -0.39 is 30.1 Å². The van der Waals surface area contributed by atoms with E-state index in [1.165, 1.54) is 42.5 Å². The molecule has 2 aromatic rings. The van der Waals surface area contributed by atoms with Gasteiger partial charge in [0.25, 0.3) is 11.8 Å². The summed E-state index contributed by atoms with van der Waals surface area (Å²) in [6, 6.07) is 9.52. The second-order valence-electron chi connectivity index (χ2n) is 4.94. The number of nitrogens with zero attached hydrogens (tertiary/aromatic N) is 1. The fourth-order valence-electron chi connectivity index (χ4n) is 2.28. The molecule has 23 heavy (non-hydrogen) atoms. The van der Waals surface area contributed by atoms with Crippen LogP contribution in [0.3, 0.4) is 0 Å². The Balaban J connectivity index is 1.73. The van der Waals surface area contributed by atoms with Gasteiger partial charge in [0.15, 0.2) is 0 Å². The van der Waals surface area contributed by atoms with Gasteiger partial charge in [-0.15, -0.1) is 0 Å². The van der Waals surface area contributed by atoms with Crippen molar-refractivity contribution in [3.05, 3.63) is 64.4 Å². The van der Waals surface area contributed by atoms with Gasteiger partial charge in [-0.05, 0) is 42.5 Å². The van der Waals surface area contributed by atoms with Gasteiger partial charge in [0.2, 0.25) is 5.91 Å². The predicted molar refractivity (Wildman–Crippen MR) is 81.8 cm³/mol. The summed E-state index contributed by atoms with van der Waals surface area (Å²) in [5.74, 6) is -2.10. The molecule has 0 bridgehead atoms. The van der Waals surface area contributed by atoms with Crippen molar-refractivity contribution in [2.45, 2.75) is 0 Å². The van der Waals surface area contributed by atoms with Crippen LogP contribution < -0.4 is 5.32 Å². The van der Waals surface area contributed by atoms with E-state index in [0.29, 0.717) is 10.7 Å². The maximum Gasteiger partial charge on any atom is 0.262 e. The topological polar surface area (TPSA) is 66.5 Å². The highest BCUT2D eigenvalue weighted by Crippen LogP contribution is 2.25. The smallest absolute Gasteiger partial charge is 0.262 e. The second-order valence-corrected chi connectivity index (χ2v) is 5.38. The van der Waals surface area contributed by atoms with E-state index in [9.17, 15) is 18.8 Å². The van der Waals surface area contributed by atoms with Crippen molar-refractivity contribution >= 4 is 35.0 Å². The van der Waals surface area contributed by atoms with Gasteiger partial charge in [-0.3, -0.25) is 19.3 Å². The van der Waals surface area contributed by atoms with E-state index in [1.54, 1.807) is 0 Å². The third-order valence-electron chi connectivity index (χ3n) is 3.36. The molecule has 3 rings (SSSR count). The molecule has 1 aliphatic heterocycles. The number of imide groups is 1. The zero-order valence-electron chi connectivity index (χ0n) is 11.7. The first kappa shape index (κ1) is 15.2. The van der Waals surface area contributed by atoms with Crippen LogP contribution in [0.2, 0.25) is 5.02 Å². The Morgan fingerprint density at radius 2 is 1.70 bits per heavy atom. The van der Waals surface area contributed by atoms with Crippen molar-refractivity contribution in [1.29, 1.82) is 0 Å². The molecule has 1 heterocycles. The van der Waals surface area contributed by atoms with Crippen LogP contribution in [0.15, 0.2) is 42.5 Å². The molecule has 3 amide bonds. The maximum absolute atomic E-state index is 12.8. The summed E-state index contributed by atoms with van der Waals surface area (Å²) in [7, 11) is 0. The summed E-state index contributed by atoms with van der Waals surface area (Å²) in [5, 5.41) is 2.83. The van der Waals surface area contributed by atoms with Gasteiger partial charge in [0.1, 0.15) is 12.4 Å². The summed E-state index contributed by atoms with van der Waals surface area (Å²) in [5.41, 5.74) is 0.766. The fraction of sp³-hybridized carbons (Fsp3) is 0.0625. The van der Waals surface area contributed by atoms with Crippen molar-refractivity contribution in [3.63, 3.8) is 0 Å². The first-order valence-electron chi connectivity index (χ1n) is 6.67. The van der Waals surface area contributed by atoms with E-state index in [4.69, 9.17) is 11.6 Å². The largest absolute Gasteiger partial charge is 0.325 e. The number of rotatable bonds is 3. The van der Waals surface area contributed by atoms with Crippen LogP contribution in [-0.2, 0) is 4.79 Å². The number of hydrogen-bond acceptors (Lipinski definition) is 3. The Morgan fingerprint density at radius 3 is 2.39 bits per heavy atom. The lowest BCUT2D eigenvalue weighted by Gasteiger charge is -2.13. The minimum Gasteiger partial charge on any atom is -0.325 e. The van der Waals surface area contributed by atoms with Crippen molar-refractivity contribution in [2.24, 2.45) is 0 Å². The summed E-state index contributed by atoms with van der Waals surface area (Å²) in [6.07, 6.45) is 0. The van der Waals surface area contributed by atoms with Crippen LogP contribution >= 0.6 is 11.6 Å². The molecular weight excluding hydrogens is 323 g/mol. The molecule has 0 fully saturated rings. The number of benzene rings is 2. The number of carbonyl (C=O) groups is 3. The van der Waals surface area contributed by atoms with E-state index in [2.05, 4.69) is 5.32 Å². The minimum atomic E-state index is -0.568. The van der Waals surface area contributed by atoms with Crippen molar-refractivity contribution < 1.29 is 18.8 Å². The molecule has 2 aromatic carbocycles. The highest BCUT2D eigenvalue weighted by molar-refractivity contribution is 6.32. The maximum atomic E-state index is 12.8. The Hall–Kier alpha value is -2.73. The van der Waals surface area contributed by atoms with Gasteiger partial charge in [0, 0.05) is 10.7 Å². The van der Waals surface area contributed by atoms with Gasteiger partial charge in [-0.25, -0.2) is 4.39 Å². The molecule has 0 unspecified atom stereocenters. The van der Waals surface area contributed by atoms with Crippen LogP contribution in [0.25, 0.3) is 0 Å². The number of anilines is 1.